The zero-order valence-corrected chi connectivity index (χ0v) is 24.9. The van der Waals surface area contributed by atoms with Crippen molar-refractivity contribution in [2.45, 2.75) is 13.8 Å². The van der Waals surface area contributed by atoms with Crippen LogP contribution in [0.25, 0.3) is 6.08 Å². The van der Waals surface area contributed by atoms with E-state index < -0.39 is 17.8 Å². The number of barbiturate groups is 1. The third kappa shape index (κ3) is 6.31. The Hall–Kier alpha value is -3.71. The molecular formula is C28H23BrIN3O6. The van der Waals surface area contributed by atoms with E-state index >= 15 is 0 Å². The van der Waals surface area contributed by atoms with Gasteiger partial charge in [-0.05, 0) is 102 Å². The average Bonchev–Trinajstić information content (AvgIpc) is 2.89. The van der Waals surface area contributed by atoms with Crippen LogP contribution in [0.5, 0.6) is 11.5 Å². The summed E-state index contributed by atoms with van der Waals surface area (Å²) in [5, 5.41) is 5.05. The third-order valence-electron chi connectivity index (χ3n) is 5.98. The van der Waals surface area contributed by atoms with Crippen LogP contribution in [-0.2, 0) is 14.4 Å². The molecule has 0 atom stereocenters. The number of imide groups is 2. The van der Waals surface area contributed by atoms with Gasteiger partial charge >= 0.3 is 6.03 Å². The van der Waals surface area contributed by atoms with Crippen molar-refractivity contribution in [1.82, 2.24) is 5.32 Å². The molecule has 4 rings (SSSR count). The Kier molecular flexibility index (Phi) is 8.70. The molecule has 1 aliphatic rings. The largest absolute Gasteiger partial charge is 0.493 e. The lowest BCUT2D eigenvalue weighted by Gasteiger charge is -2.26. The standard InChI is InChI=1S/C28H23BrIN3O6/c1-15-5-4-6-22(16(15)2)31-24(34)14-39-25-21(30)12-17(13-23(25)38-3)11-20-26(35)32-28(37)33(27(20)36)19-9-7-18(29)8-10-19/h4-13H,14H2,1-3H3,(H,31,34)(H,32,35,37)/b20-11+. The van der Waals surface area contributed by atoms with Crippen LogP contribution in [0.3, 0.4) is 0 Å². The lowest BCUT2D eigenvalue weighted by Crippen LogP contribution is -2.54. The van der Waals surface area contributed by atoms with E-state index in [9.17, 15) is 19.2 Å². The summed E-state index contributed by atoms with van der Waals surface area (Å²) in [5.74, 6) is -1.27. The molecular weight excluding hydrogens is 681 g/mol. The highest BCUT2D eigenvalue weighted by Gasteiger charge is 2.36. The highest BCUT2D eigenvalue weighted by atomic mass is 127. The normalized spacial score (nSPS) is 14.3. The van der Waals surface area contributed by atoms with E-state index in [1.807, 2.05) is 54.6 Å². The topological polar surface area (TPSA) is 114 Å². The second-order valence-corrected chi connectivity index (χ2v) is 10.6. The van der Waals surface area contributed by atoms with Gasteiger partial charge in [-0.3, -0.25) is 19.7 Å². The molecule has 0 spiro atoms. The van der Waals surface area contributed by atoms with Gasteiger partial charge in [0.25, 0.3) is 17.7 Å². The van der Waals surface area contributed by atoms with Gasteiger partial charge in [0.1, 0.15) is 5.57 Å². The number of aryl methyl sites for hydroxylation is 1. The molecule has 1 heterocycles. The Balaban J connectivity index is 1.55. The predicted octanol–water partition coefficient (Wildman–Crippen LogP) is 5.36. The Morgan fingerprint density at radius 3 is 2.51 bits per heavy atom. The van der Waals surface area contributed by atoms with Crippen LogP contribution in [0.2, 0.25) is 0 Å². The first kappa shape index (κ1) is 28.3. The second-order valence-electron chi connectivity index (χ2n) is 8.55. The summed E-state index contributed by atoms with van der Waals surface area (Å²) >= 11 is 5.34. The maximum Gasteiger partial charge on any atom is 0.335 e. The van der Waals surface area contributed by atoms with E-state index in [-0.39, 0.29) is 18.1 Å². The van der Waals surface area contributed by atoms with Crippen molar-refractivity contribution in [2.24, 2.45) is 0 Å². The molecule has 1 saturated heterocycles. The summed E-state index contributed by atoms with van der Waals surface area (Å²) in [4.78, 5) is 51.6. The molecule has 11 heteroatoms. The Morgan fingerprint density at radius 2 is 1.82 bits per heavy atom. The van der Waals surface area contributed by atoms with Gasteiger partial charge in [-0.15, -0.1) is 0 Å². The van der Waals surface area contributed by atoms with Crippen LogP contribution in [0.1, 0.15) is 16.7 Å². The first-order valence-electron chi connectivity index (χ1n) is 11.6. The molecule has 3 aromatic carbocycles. The van der Waals surface area contributed by atoms with Crippen LogP contribution >= 0.6 is 38.5 Å². The molecule has 5 amide bonds. The number of hydrogen-bond acceptors (Lipinski definition) is 6. The third-order valence-corrected chi connectivity index (χ3v) is 7.31. The predicted molar refractivity (Wildman–Crippen MR) is 159 cm³/mol. The van der Waals surface area contributed by atoms with Crippen molar-refractivity contribution in [1.29, 1.82) is 0 Å². The van der Waals surface area contributed by atoms with Gasteiger partial charge in [0.2, 0.25) is 0 Å². The monoisotopic (exact) mass is 703 g/mol. The van der Waals surface area contributed by atoms with E-state index in [2.05, 4.69) is 26.6 Å². The van der Waals surface area contributed by atoms with Gasteiger partial charge in [-0.1, -0.05) is 28.1 Å². The lowest BCUT2D eigenvalue weighted by atomic mass is 10.1. The number of carbonyl (C=O) groups excluding carboxylic acids is 4. The van der Waals surface area contributed by atoms with Crippen molar-refractivity contribution in [3.05, 3.63) is 84.9 Å². The summed E-state index contributed by atoms with van der Waals surface area (Å²) in [6, 6.07) is 14.6. The average molecular weight is 704 g/mol. The van der Waals surface area contributed by atoms with E-state index in [0.29, 0.717) is 32.0 Å². The summed E-state index contributed by atoms with van der Waals surface area (Å²) in [6.45, 7) is 3.63. The molecule has 0 aromatic heterocycles. The SMILES string of the molecule is COc1cc(/C=C2\C(=O)NC(=O)N(c3ccc(Br)cc3)C2=O)cc(I)c1OCC(=O)Nc1cccc(C)c1C. The maximum absolute atomic E-state index is 13.2. The molecule has 2 N–H and O–H groups in total. The summed E-state index contributed by atoms with van der Waals surface area (Å²) in [7, 11) is 1.44. The Labute approximate surface area is 246 Å². The first-order chi connectivity index (χ1) is 18.6. The maximum atomic E-state index is 13.2. The van der Waals surface area contributed by atoms with Gasteiger partial charge in [-0.2, -0.15) is 0 Å². The first-order valence-corrected chi connectivity index (χ1v) is 13.5. The highest BCUT2D eigenvalue weighted by Crippen LogP contribution is 2.35. The van der Waals surface area contributed by atoms with E-state index in [1.54, 1.807) is 36.4 Å². The fourth-order valence-corrected chi connectivity index (χ4v) is 4.87. The number of nitrogens with zero attached hydrogens (tertiary/aromatic N) is 1. The molecule has 1 fully saturated rings. The van der Waals surface area contributed by atoms with E-state index in [1.165, 1.54) is 13.2 Å². The molecule has 0 radical (unpaired) electrons. The number of methoxy groups -OCH3 is 1. The molecule has 0 aliphatic carbocycles. The quantitative estimate of drug-likeness (QED) is 0.195. The Bertz CT molecular complexity index is 1520. The number of benzene rings is 3. The Morgan fingerprint density at radius 1 is 1.10 bits per heavy atom. The number of anilines is 2. The minimum absolute atomic E-state index is 0.225. The van der Waals surface area contributed by atoms with Crippen LogP contribution in [-0.4, -0.2) is 37.5 Å². The number of carbonyl (C=O) groups is 4. The van der Waals surface area contributed by atoms with Crippen molar-refractivity contribution >= 4 is 79.7 Å². The number of rotatable bonds is 7. The van der Waals surface area contributed by atoms with Crippen molar-refractivity contribution < 1.29 is 28.7 Å². The van der Waals surface area contributed by atoms with Crippen LogP contribution in [0.4, 0.5) is 16.2 Å². The smallest absolute Gasteiger partial charge is 0.335 e. The molecule has 3 aromatic rings. The highest BCUT2D eigenvalue weighted by molar-refractivity contribution is 14.1. The van der Waals surface area contributed by atoms with Gasteiger partial charge in [0, 0.05) is 10.2 Å². The molecule has 200 valence electrons. The molecule has 0 saturated carbocycles. The minimum atomic E-state index is -0.834. The summed E-state index contributed by atoms with van der Waals surface area (Å²) in [6.07, 6.45) is 1.37. The lowest BCUT2D eigenvalue weighted by molar-refractivity contribution is -0.122. The molecule has 0 bridgehead atoms. The van der Waals surface area contributed by atoms with Crippen molar-refractivity contribution in [3.63, 3.8) is 0 Å². The van der Waals surface area contributed by atoms with Gasteiger partial charge in [0.15, 0.2) is 18.1 Å². The summed E-state index contributed by atoms with van der Waals surface area (Å²) < 4.78 is 12.6. The zero-order chi connectivity index (χ0) is 28.3. The van der Waals surface area contributed by atoms with Crippen LogP contribution < -0.4 is 25.0 Å². The second kappa shape index (κ2) is 12.0. The minimum Gasteiger partial charge on any atom is -0.493 e. The van der Waals surface area contributed by atoms with Gasteiger partial charge in [-0.25, -0.2) is 9.69 Å². The number of hydrogen-bond donors (Lipinski definition) is 2. The number of amides is 5. The van der Waals surface area contributed by atoms with E-state index in [4.69, 9.17) is 9.47 Å². The number of halogens is 2. The van der Waals surface area contributed by atoms with Crippen LogP contribution in [0.15, 0.2) is 64.6 Å². The fourth-order valence-electron chi connectivity index (χ4n) is 3.82. The van der Waals surface area contributed by atoms with Gasteiger partial charge < -0.3 is 14.8 Å². The molecule has 39 heavy (non-hydrogen) atoms. The summed E-state index contributed by atoms with van der Waals surface area (Å²) in [5.41, 5.74) is 3.29. The van der Waals surface area contributed by atoms with Gasteiger partial charge in [0.05, 0.1) is 16.4 Å². The molecule has 9 nitrogen and oxygen atoms in total. The number of nitrogens with one attached hydrogen (secondary N) is 2. The number of ether oxygens (including phenoxy) is 2. The van der Waals surface area contributed by atoms with Crippen molar-refractivity contribution in [2.75, 3.05) is 23.9 Å². The number of urea groups is 1. The van der Waals surface area contributed by atoms with Crippen LogP contribution in [0, 0.1) is 17.4 Å². The molecule has 1 aliphatic heterocycles. The molecule has 0 unspecified atom stereocenters. The van der Waals surface area contributed by atoms with Crippen molar-refractivity contribution in [3.8, 4) is 11.5 Å². The fraction of sp³-hybridized carbons (Fsp3) is 0.143. The van der Waals surface area contributed by atoms with E-state index in [0.717, 1.165) is 20.5 Å². The zero-order valence-electron chi connectivity index (χ0n) is 21.1.